The molecular formula is C17H19BrClNO. The quantitative estimate of drug-likeness (QED) is 0.786. The van der Waals surface area contributed by atoms with Crippen molar-refractivity contribution in [1.82, 2.24) is 0 Å². The molecule has 4 heteroatoms. The Balaban J connectivity index is 2.29. The Bertz CT molecular complexity index is 630. The molecule has 2 aromatic carbocycles. The Kier molecular flexibility index (Phi) is 5.31. The first-order valence-electron chi connectivity index (χ1n) is 6.86. The first kappa shape index (κ1) is 16.3. The summed E-state index contributed by atoms with van der Waals surface area (Å²) in [4.78, 5) is 2.18. The van der Waals surface area contributed by atoms with Crippen molar-refractivity contribution in [1.29, 1.82) is 0 Å². The maximum absolute atomic E-state index is 9.65. The van der Waals surface area contributed by atoms with Crippen LogP contribution >= 0.6 is 27.5 Å². The highest BCUT2D eigenvalue weighted by Gasteiger charge is 2.16. The van der Waals surface area contributed by atoms with E-state index in [2.05, 4.69) is 33.8 Å². The van der Waals surface area contributed by atoms with E-state index in [1.54, 1.807) is 6.92 Å². The van der Waals surface area contributed by atoms with Gasteiger partial charge in [0.2, 0.25) is 0 Å². The van der Waals surface area contributed by atoms with Gasteiger partial charge in [-0.25, -0.2) is 0 Å². The van der Waals surface area contributed by atoms with Gasteiger partial charge < -0.3 is 10.0 Å². The predicted octanol–water partition coefficient (Wildman–Crippen LogP) is 5.35. The van der Waals surface area contributed by atoms with Crippen LogP contribution in [-0.2, 0) is 0 Å². The van der Waals surface area contributed by atoms with Gasteiger partial charge in [0, 0.05) is 16.5 Å². The van der Waals surface area contributed by atoms with Crippen LogP contribution in [-0.4, -0.2) is 12.2 Å². The number of hydrogen-bond acceptors (Lipinski definition) is 2. The summed E-state index contributed by atoms with van der Waals surface area (Å²) in [5, 5.41) is 10.4. The summed E-state index contributed by atoms with van der Waals surface area (Å²) in [6, 6.07) is 14.0. The van der Waals surface area contributed by atoms with Crippen molar-refractivity contribution in [2.24, 2.45) is 0 Å². The number of aliphatic hydroxyl groups is 1. The Morgan fingerprint density at radius 3 is 2.38 bits per heavy atom. The molecule has 2 nitrogen and oxygen atoms in total. The van der Waals surface area contributed by atoms with E-state index in [9.17, 15) is 5.11 Å². The molecule has 0 aliphatic heterocycles. The molecule has 0 radical (unpaired) electrons. The molecule has 0 aromatic heterocycles. The van der Waals surface area contributed by atoms with E-state index in [-0.39, 0.29) is 6.04 Å². The monoisotopic (exact) mass is 367 g/mol. The van der Waals surface area contributed by atoms with Gasteiger partial charge in [0.15, 0.2) is 0 Å². The average Bonchev–Trinajstić information content (AvgIpc) is 2.45. The predicted molar refractivity (Wildman–Crippen MR) is 93.0 cm³/mol. The lowest BCUT2D eigenvalue weighted by Gasteiger charge is -2.29. The third-order valence-electron chi connectivity index (χ3n) is 3.75. The maximum atomic E-state index is 9.65. The molecule has 0 bridgehead atoms. The first-order valence-corrected chi connectivity index (χ1v) is 8.03. The van der Waals surface area contributed by atoms with Gasteiger partial charge in [0.1, 0.15) is 0 Å². The molecule has 21 heavy (non-hydrogen) atoms. The summed E-state index contributed by atoms with van der Waals surface area (Å²) in [5.41, 5.74) is 3.14. The Morgan fingerprint density at radius 2 is 1.81 bits per heavy atom. The molecule has 0 heterocycles. The van der Waals surface area contributed by atoms with E-state index < -0.39 is 6.10 Å². The minimum Gasteiger partial charge on any atom is -0.389 e. The second kappa shape index (κ2) is 6.82. The normalized spacial score (nSPS) is 13.8. The molecule has 0 saturated heterocycles. The average molecular weight is 369 g/mol. The van der Waals surface area contributed by atoms with Crippen molar-refractivity contribution in [3.63, 3.8) is 0 Å². The number of nitrogens with zero attached hydrogens (tertiary/aromatic N) is 1. The van der Waals surface area contributed by atoms with Crippen molar-refractivity contribution in [3.8, 4) is 0 Å². The van der Waals surface area contributed by atoms with Gasteiger partial charge in [-0.1, -0.05) is 29.8 Å². The second-order valence-corrected chi connectivity index (χ2v) is 6.52. The summed E-state index contributed by atoms with van der Waals surface area (Å²) in [5.74, 6) is 0. The van der Waals surface area contributed by atoms with Crippen LogP contribution in [0.4, 0.5) is 5.69 Å². The third-order valence-corrected chi connectivity index (χ3v) is 4.62. The van der Waals surface area contributed by atoms with Crippen LogP contribution in [0.15, 0.2) is 46.9 Å². The van der Waals surface area contributed by atoms with E-state index in [1.165, 1.54) is 0 Å². The van der Waals surface area contributed by atoms with Crippen LogP contribution in [0.1, 0.15) is 37.1 Å². The zero-order valence-corrected chi connectivity index (χ0v) is 14.7. The first-order chi connectivity index (χ1) is 9.90. The lowest BCUT2D eigenvalue weighted by molar-refractivity contribution is 0.199. The number of halogens is 2. The lowest BCUT2D eigenvalue weighted by atomic mass is 10.1. The highest BCUT2D eigenvalue weighted by atomic mass is 79.9. The van der Waals surface area contributed by atoms with Gasteiger partial charge in [0.05, 0.1) is 17.8 Å². The second-order valence-electron chi connectivity index (χ2n) is 5.23. The van der Waals surface area contributed by atoms with E-state index in [1.807, 2.05) is 43.4 Å². The van der Waals surface area contributed by atoms with Crippen LogP contribution in [0, 0.1) is 0 Å². The molecule has 2 atom stereocenters. The topological polar surface area (TPSA) is 23.5 Å². The Morgan fingerprint density at radius 1 is 1.10 bits per heavy atom. The third kappa shape index (κ3) is 3.79. The maximum Gasteiger partial charge on any atom is 0.0762 e. The zero-order valence-electron chi connectivity index (χ0n) is 12.3. The summed E-state index contributed by atoms with van der Waals surface area (Å²) >= 11 is 9.66. The van der Waals surface area contributed by atoms with Gasteiger partial charge in [-0.05, 0) is 65.2 Å². The van der Waals surface area contributed by atoms with Crippen LogP contribution in [0.25, 0.3) is 0 Å². The van der Waals surface area contributed by atoms with Gasteiger partial charge in [-0.3, -0.25) is 0 Å². The van der Waals surface area contributed by atoms with E-state index in [0.29, 0.717) is 0 Å². The van der Waals surface area contributed by atoms with Crippen LogP contribution in [0.5, 0.6) is 0 Å². The van der Waals surface area contributed by atoms with Crippen molar-refractivity contribution in [2.75, 3.05) is 11.9 Å². The summed E-state index contributed by atoms with van der Waals surface area (Å²) in [7, 11) is 2.05. The van der Waals surface area contributed by atoms with Crippen molar-refractivity contribution >= 4 is 33.2 Å². The minimum atomic E-state index is -0.467. The molecule has 2 aromatic rings. The summed E-state index contributed by atoms with van der Waals surface area (Å²) in [6.45, 7) is 3.90. The molecule has 0 amide bonds. The van der Waals surface area contributed by atoms with Gasteiger partial charge >= 0.3 is 0 Å². The van der Waals surface area contributed by atoms with Crippen molar-refractivity contribution < 1.29 is 5.11 Å². The fourth-order valence-corrected chi connectivity index (χ4v) is 3.14. The molecule has 1 N–H and O–H groups in total. The van der Waals surface area contributed by atoms with E-state index in [4.69, 9.17) is 11.6 Å². The van der Waals surface area contributed by atoms with Crippen molar-refractivity contribution in [2.45, 2.75) is 26.0 Å². The van der Waals surface area contributed by atoms with Gasteiger partial charge in [-0.2, -0.15) is 0 Å². The highest BCUT2D eigenvalue weighted by Crippen LogP contribution is 2.33. The SMILES string of the molecule is CC(O)c1ccc(N(C)C(C)c2cccc(Cl)c2)c(Br)c1. The van der Waals surface area contributed by atoms with Gasteiger partial charge in [-0.15, -0.1) is 0 Å². The Hall–Kier alpha value is -1.03. The zero-order chi connectivity index (χ0) is 15.6. The lowest BCUT2D eigenvalue weighted by Crippen LogP contribution is -2.22. The molecule has 112 valence electrons. The largest absolute Gasteiger partial charge is 0.389 e. The van der Waals surface area contributed by atoms with Crippen LogP contribution in [0.3, 0.4) is 0 Å². The standard InChI is InChI=1S/C17H19BrClNO/c1-11(13-5-4-6-15(19)9-13)20(3)17-8-7-14(12(2)21)10-16(17)18/h4-12,21H,1-3H3. The number of benzene rings is 2. The fraction of sp³-hybridized carbons (Fsp3) is 0.294. The highest BCUT2D eigenvalue weighted by molar-refractivity contribution is 9.10. The number of aliphatic hydroxyl groups excluding tert-OH is 1. The van der Waals surface area contributed by atoms with Gasteiger partial charge in [0.25, 0.3) is 0 Å². The molecule has 0 spiro atoms. The molecular weight excluding hydrogens is 350 g/mol. The smallest absolute Gasteiger partial charge is 0.0762 e. The minimum absolute atomic E-state index is 0.192. The fourth-order valence-electron chi connectivity index (χ4n) is 2.27. The molecule has 0 fully saturated rings. The summed E-state index contributed by atoms with van der Waals surface area (Å²) in [6.07, 6.45) is -0.467. The Labute approximate surface area is 139 Å². The number of hydrogen-bond donors (Lipinski definition) is 1. The summed E-state index contributed by atoms with van der Waals surface area (Å²) < 4.78 is 0.970. The van der Waals surface area contributed by atoms with E-state index in [0.717, 1.165) is 26.3 Å². The van der Waals surface area contributed by atoms with E-state index >= 15 is 0 Å². The van der Waals surface area contributed by atoms with Crippen LogP contribution in [0.2, 0.25) is 5.02 Å². The molecule has 0 saturated carbocycles. The number of rotatable bonds is 4. The van der Waals surface area contributed by atoms with Crippen molar-refractivity contribution in [3.05, 3.63) is 63.1 Å². The molecule has 0 aliphatic carbocycles. The number of anilines is 1. The van der Waals surface area contributed by atoms with Crippen LogP contribution < -0.4 is 4.90 Å². The molecule has 2 unspecified atom stereocenters. The molecule has 2 rings (SSSR count). The molecule has 0 aliphatic rings.